The van der Waals surface area contributed by atoms with Crippen molar-refractivity contribution in [2.45, 2.75) is 13.2 Å². The Balaban J connectivity index is 0. The minimum absolute atomic E-state index is 0. The van der Waals surface area contributed by atoms with Crippen LogP contribution in [0.4, 0.5) is 12.9 Å². The topological polar surface area (TPSA) is 26.3 Å². The number of rotatable bonds is 3. The summed E-state index contributed by atoms with van der Waals surface area (Å²) < 4.78 is 38.2. The molecule has 0 N–H and O–H groups in total. The Labute approximate surface area is 105 Å². The van der Waals surface area contributed by atoms with Crippen molar-refractivity contribution in [1.82, 2.24) is 0 Å². The van der Waals surface area contributed by atoms with Gasteiger partial charge < -0.3 is 17.7 Å². The summed E-state index contributed by atoms with van der Waals surface area (Å²) in [6.07, 6.45) is -1.44. The van der Waals surface area contributed by atoms with Crippen LogP contribution < -0.4 is 51.4 Å². The fraction of sp³-hybridized carbons (Fsp3) is 0.750. The molecule has 2 nitrogen and oxygen atoms in total. The van der Waals surface area contributed by atoms with Crippen molar-refractivity contribution in [3.05, 3.63) is 0 Å². The van der Waals surface area contributed by atoms with Gasteiger partial charge in [0.05, 0.1) is 6.61 Å². The Morgan fingerprint density at radius 1 is 1.45 bits per heavy atom. The predicted octanol–water partition coefficient (Wildman–Crippen LogP) is -1.60. The van der Waals surface area contributed by atoms with Crippen LogP contribution in [-0.2, 0) is 9.53 Å². The van der Waals surface area contributed by atoms with E-state index in [1.54, 1.807) is 0 Å². The van der Waals surface area contributed by atoms with E-state index in [4.69, 9.17) is 0 Å². The second kappa shape index (κ2) is 6.47. The van der Waals surface area contributed by atoms with E-state index in [0.717, 1.165) is 0 Å². The molecule has 0 atom stereocenters. The SMILES string of the molecule is CCOC(=O)C[B-](F)(F)F.[K+]. The van der Waals surface area contributed by atoms with Crippen LogP contribution in [0.25, 0.3) is 0 Å². The molecule has 0 amide bonds. The maximum absolute atomic E-state index is 11.4. The summed E-state index contributed by atoms with van der Waals surface area (Å²) in [5, 5.41) is 0. The number of hydrogen-bond acceptors (Lipinski definition) is 2. The van der Waals surface area contributed by atoms with Crippen molar-refractivity contribution in [1.29, 1.82) is 0 Å². The van der Waals surface area contributed by atoms with Gasteiger partial charge in [-0.2, -0.15) is 0 Å². The van der Waals surface area contributed by atoms with E-state index in [9.17, 15) is 17.7 Å². The normalized spacial score (nSPS) is 10.2. The van der Waals surface area contributed by atoms with Crippen LogP contribution in [0.5, 0.6) is 0 Å². The van der Waals surface area contributed by atoms with E-state index in [-0.39, 0.29) is 58.0 Å². The summed E-state index contributed by atoms with van der Waals surface area (Å²) in [6, 6.07) is 0. The average Bonchev–Trinajstić information content (AvgIpc) is 1.59. The number of esters is 1. The van der Waals surface area contributed by atoms with Gasteiger partial charge in [-0.25, -0.2) is 0 Å². The Morgan fingerprint density at radius 3 is 2.18 bits per heavy atom. The van der Waals surface area contributed by atoms with Crippen molar-refractivity contribution < 1.29 is 73.9 Å². The smallest absolute Gasteiger partial charge is 0.468 e. The van der Waals surface area contributed by atoms with Gasteiger partial charge in [-0.05, 0) is 6.92 Å². The van der Waals surface area contributed by atoms with Crippen molar-refractivity contribution in [3.63, 3.8) is 0 Å². The Kier molecular flexibility index (Phi) is 8.52. The van der Waals surface area contributed by atoms with Crippen LogP contribution in [-0.4, -0.2) is 19.6 Å². The monoisotopic (exact) mass is 194 g/mol. The van der Waals surface area contributed by atoms with Crippen LogP contribution in [0.2, 0.25) is 6.32 Å². The van der Waals surface area contributed by atoms with Gasteiger partial charge in [0.25, 0.3) is 5.97 Å². The fourth-order valence-corrected chi connectivity index (χ4v) is 0.409. The van der Waals surface area contributed by atoms with Crippen molar-refractivity contribution in [2.24, 2.45) is 0 Å². The van der Waals surface area contributed by atoms with Gasteiger partial charge in [0.1, 0.15) is 0 Å². The van der Waals surface area contributed by atoms with Crippen LogP contribution in [0.15, 0.2) is 0 Å². The summed E-state index contributed by atoms with van der Waals surface area (Å²) in [7, 11) is 0. The molecule has 0 aliphatic heterocycles. The van der Waals surface area contributed by atoms with Crippen molar-refractivity contribution in [3.8, 4) is 0 Å². The third-order valence-corrected chi connectivity index (χ3v) is 0.703. The standard InChI is InChI=1S/C4H7BF3O2.K/c1-2-10-4(9)3-5(6,7)8;/h2-3H2,1H3;/q-1;+1. The number of carbonyl (C=O) groups excluding carboxylic acids is 1. The number of ether oxygens (including phenoxy) is 1. The van der Waals surface area contributed by atoms with Crippen molar-refractivity contribution >= 4 is 12.9 Å². The molecule has 0 radical (unpaired) electrons. The molecule has 0 saturated carbocycles. The molecule has 0 unspecified atom stereocenters. The molecule has 0 heterocycles. The quantitative estimate of drug-likeness (QED) is 0.399. The molecule has 0 aromatic rings. The summed E-state index contributed by atoms with van der Waals surface area (Å²) >= 11 is 0. The van der Waals surface area contributed by atoms with Crippen molar-refractivity contribution in [2.75, 3.05) is 6.61 Å². The third kappa shape index (κ3) is 11.0. The van der Waals surface area contributed by atoms with Gasteiger partial charge >= 0.3 is 58.4 Å². The minimum atomic E-state index is -5.03. The molecule has 60 valence electrons. The Bertz CT molecular complexity index is 127. The maximum atomic E-state index is 11.4. The van der Waals surface area contributed by atoms with Crippen LogP contribution in [0, 0.1) is 0 Å². The van der Waals surface area contributed by atoms with Crippen LogP contribution in [0.3, 0.4) is 0 Å². The second-order valence-corrected chi connectivity index (χ2v) is 1.72. The molecule has 0 aromatic heterocycles. The number of halogens is 3. The van der Waals surface area contributed by atoms with Gasteiger partial charge in [-0.1, -0.05) is 0 Å². The van der Waals surface area contributed by atoms with Gasteiger partial charge in [-0.15, -0.1) is 0 Å². The molecule has 0 aliphatic carbocycles. The fourth-order valence-electron chi connectivity index (χ4n) is 0.409. The summed E-state index contributed by atoms with van der Waals surface area (Å²) in [4.78, 5) is 10.1. The zero-order valence-electron chi connectivity index (χ0n) is 6.44. The molecule has 0 aliphatic rings. The first-order valence-corrected chi connectivity index (χ1v) is 2.82. The second-order valence-electron chi connectivity index (χ2n) is 1.72. The summed E-state index contributed by atoms with van der Waals surface area (Å²) in [6.45, 7) is -3.58. The third-order valence-electron chi connectivity index (χ3n) is 0.703. The molecule has 11 heavy (non-hydrogen) atoms. The van der Waals surface area contributed by atoms with Crippen LogP contribution >= 0.6 is 0 Å². The number of carbonyl (C=O) groups is 1. The van der Waals surface area contributed by atoms with E-state index in [0.29, 0.717) is 0 Å². The molecule has 0 saturated heterocycles. The van der Waals surface area contributed by atoms with E-state index in [1.165, 1.54) is 6.92 Å². The van der Waals surface area contributed by atoms with E-state index < -0.39 is 19.3 Å². The zero-order chi connectivity index (χ0) is 8.20. The first-order valence-electron chi connectivity index (χ1n) is 2.82. The maximum Gasteiger partial charge on any atom is 1.00 e. The van der Waals surface area contributed by atoms with Gasteiger partial charge in [0.15, 0.2) is 0 Å². The molecule has 0 rings (SSSR count). The van der Waals surface area contributed by atoms with E-state index in [1.807, 2.05) is 0 Å². The summed E-state index contributed by atoms with van der Waals surface area (Å²) in [5.41, 5.74) is 0. The average molecular weight is 194 g/mol. The Hall–Kier alpha value is 0.961. The zero-order valence-corrected chi connectivity index (χ0v) is 9.57. The molecule has 7 heteroatoms. The first kappa shape index (κ1) is 14.5. The molecule has 0 spiro atoms. The van der Waals surface area contributed by atoms with Crippen LogP contribution in [0.1, 0.15) is 6.92 Å². The first-order chi connectivity index (χ1) is 4.45. The largest absolute Gasteiger partial charge is 1.00 e. The number of hydrogen-bond donors (Lipinski definition) is 0. The molecular formula is C4H7BF3KO2. The van der Waals surface area contributed by atoms with E-state index >= 15 is 0 Å². The molecule has 0 bridgehead atoms. The van der Waals surface area contributed by atoms with E-state index in [2.05, 4.69) is 4.74 Å². The Morgan fingerprint density at radius 2 is 1.91 bits per heavy atom. The van der Waals surface area contributed by atoms with Gasteiger partial charge in [-0.3, -0.25) is 4.79 Å². The molecular weight excluding hydrogens is 187 g/mol. The van der Waals surface area contributed by atoms with Gasteiger partial charge in [0.2, 0.25) is 0 Å². The molecule has 0 aromatic carbocycles. The summed E-state index contributed by atoms with van der Waals surface area (Å²) in [5.74, 6) is -1.20. The van der Waals surface area contributed by atoms with Gasteiger partial charge in [0, 0.05) is 6.32 Å². The molecule has 0 fully saturated rings. The minimum Gasteiger partial charge on any atom is -0.468 e. The predicted molar refractivity (Wildman–Crippen MR) is 30.5 cm³/mol.